The van der Waals surface area contributed by atoms with E-state index < -0.39 is 55.1 Å². The molecule has 67 heavy (non-hydrogen) atoms. The Balaban J connectivity index is 0.00000365. The summed E-state index contributed by atoms with van der Waals surface area (Å²) < 4.78 is 52.7. The van der Waals surface area contributed by atoms with E-state index in [1.807, 2.05) is 203 Å². The number of hydrogen-bond donors (Lipinski definition) is 2. The van der Waals surface area contributed by atoms with E-state index in [1.54, 1.807) is 7.11 Å². The van der Waals surface area contributed by atoms with E-state index in [4.69, 9.17) is 37.9 Å². The molecule has 0 spiro atoms. The Morgan fingerprint density at radius 1 is 0.493 bits per heavy atom. The molecule has 0 bridgehead atoms. The van der Waals surface area contributed by atoms with E-state index in [0.717, 1.165) is 33.4 Å². The standard InChI is InChI=1S/C55H63NO9.C2H6/c1-41(60-35-43-23-11-4-12-24-43)51(61-36-44-25-13-5-14-26-44)50(57)48(40-59-34-42-21-9-3-10-22-42)56-33-49-52(62-37-45-27-15-6-16-28-45)53(63-38-46-29-17-7-18-30-46)54(55(58-2)65-49)64-39-47-31-19-8-20-32-47;1-2/h3-32,41,48-57H,33-40H2,1-2H3;1-2H3. The average Bonchev–Trinajstić information content (AvgIpc) is 3.39. The van der Waals surface area contributed by atoms with Gasteiger partial charge in [0.15, 0.2) is 6.29 Å². The fourth-order valence-corrected chi connectivity index (χ4v) is 7.93. The maximum atomic E-state index is 12.6. The average molecular weight is 912 g/mol. The van der Waals surface area contributed by atoms with Gasteiger partial charge in [-0.3, -0.25) is 0 Å². The summed E-state index contributed by atoms with van der Waals surface area (Å²) in [5.74, 6) is 0. The lowest BCUT2D eigenvalue weighted by molar-refractivity contribution is -0.317. The third kappa shape index (κ3) is 16.6. The van der Waals surface area contributed by atoms with E-state index in [9.17, 15) is 5.11 Å². The molecule has 9 atom stereocenters. The lowest BCUT2D eigenvalue weighted by Crippen LogP contribution is -2.64. The van der Waals surface area contributed by atoms with Gasteiger partial charge in [-0.1, -0.05) is 196 Å². The summed E-state index contributed by atoms with van der Waals surface area (Å²) in [7, 11) is 1.61. The fourth-order valence-electron chi connectivity index (χ4n) is 7.93. The Morgan fingerprint density at radius 3 is 1.30 bits per heavy atom. The predicted octanol–water partition coefficient (Wildman–Crippen LogP) is 9.87. The SMILES string of the molecule is CC.COC1OC(CNC(COCc2ccccc2)C(O)C(OCc2ccccc2)C(C)OCc2ccccc2)C(OCc2ccccc2)C(OCc2ccccc2)C1OCc1ccccc1. The Hall–Kier alpha value is -5.08. The van der Waals surface area contributed by atoms with Gasteiger partial charge in [0, 0.05) is 13.7 Å². The van der Waals surface area contributed by atoms with Crippen LogP contribution >= 0.6 is 0 Å². The number of aliphatic hydroxyl groups excluding tert-OH is 1. The first kappa shape index (κ1) is 51.3. The van der Waals surface area contributed by atoms with Gasteiger partial charge in [-0.25, -0.2) is 0 Å². The molecule has 0 aromatic heterocycles. The first-order valence-corrected chi connectivity index (χ1v) is 23.5. The molecule has 1 fully saturated rings. The van der Waals surface area contributed by atoms with E-state index >= 15 is 0 Å². The molecule has 356 valence electrons. The molecule has 1 aliphatic rings. The van der Waals surface area contributed by atoms with Crippen molar-refractivity contribution in [2.75, 3.05) is 20.3 Å². The highest BCUT2D eigenvalue weighted by molar-refractivity contribution is 5.18. The number of aliphatic hydroxyl groups is 1. The van der Waals surface area contributed by atoms with Gasteiger partial charge in [0.2, 0.25) is 0 Å². The van der Waals surface area contributed by atoms with Crippen molar-refractivity contribution in [3.05, 3.63) is 215 Å². The largest absolute Gasteiger partial charge is 0.389 e. The summed E-state index contributed by atoms with van der Waals surface area (Å²) in [5.41, 5.74) is 6.04. The zero-order chi connectivity index (χ0) is 46.9. The molecule has 1 aliphatic heterocycles. The zero-order valence-corrected chi connectivity index (χ0v) is 39.4. The Morgan fingerprint density at radius 2 is 0.866 bits per heavy atom. The number of benzene rings is 6. The number of nitrogens with one attached hydrogen (secondary N) is 1. The van der Waals surface area contributed by atoms with Crippen molar-refractivity contribution >= 4 is 0 Å². The van der Waals surface area contributed by atoms with Gasteiger partial charge in [-0.05, 0) is 40.3 Å². The molecule has 0 radical (unpaired) electrons. The highest BCUT2D eigenvalue weighted by Gasteiger charge is 2.49. The van der Waals surface area contributed by atoms with Crippen LogP contribution in [0.4, 0.5) is 0 Å². The summed E-state index contributed by atoms with van der Waals surface area (Å²) in [6.45, 7) is 8.24. The minimum atomic E-state index is -1.09. The van der Waals surface area contributed by atoms with Crippen LogP contribution in [0.2, 0.25) is 0 Å². The quantitative estimate of drug-likeness (QED) is 0.0547. The monoisotopic (exact) mass is 911 g/mol. The molecule has 1 heterocycles. The lowest BCUT2D eigenvalue weighted by Gasteiger charge is -2.46. The van der Waals surface area contributed by atoms with Crippen LogP contribution in [-0.4, -0.2) is 80.4 Å². The summed E-state index contributed by atoms with van der Waals surface area (Å²) in [6, 6.07) is 59.4. The van der Waals surface area contributed by atoms with Crippen LogP contribution in [0.15, 0.2) is 182 Å². The highest BCUT2D eigenvalue weighted by Crippen LogP contribution is 2.31. The first-order chi connectivity index (χ1) is 33.0. The number of methoxy groups -OCH3 is 1. The second kappa shape index (κ2) is 29.0. The molecule has 10 heteroatoms. The van der Waals surface area contributed by atoms with Crippen LogP contribution in [0.25, 0.3) is 0 Å². The number of hydrogen-bond acceptors (Lipinski definition) is 10. The smallest absolute Gasteiger partial charge is 0.186 e. The van der Waals surface area contributed by atoms with E-state index in [0.29, 0.717) is 33.0 Å². The van der Waals surface area contributed by atoms with Crippen LogP contribution in [0.1, 0.15) is 54.2 Å². The van der Waals surface area contributed by atoms with Gasteiger partial charge >= 0.3 is 0 Å². The molecular weight excluding hydrogens is 843 g/mol. The molecule has 6 aromatic rings. The molecule has 0 saturated carbocycles. The maximum absolute atomic E-state index is 12.6. The molecule has 2 N–H and O–H groups in total. The highest BCUT2D eigenvalue weighted by atomic mass is 16.7. The van der Waals surface area contributed by atoms with E-state index in [2.05, 4.69) is 5.32 Å². The van der Waals surface area contributed by atoms with E-state index in [-0.39, 0.29) is 19.8 Å². The summed E-state index contributed by atoms with van der Waals surface area (Å²) in [5, 5.41) is 16.2. The van der Waals surface area contributed by atoms with Crippen LogP contribution in [-0.2, 0) is 77.5 Å². The van der Waals surface area contributed by atoms with Crippen LogP contribution in [0.3, 0.4) is 0 Å². The molecular formula is C57H69NO9. The van der Waals surface area contributed by atoms with Crippen molar-refractivity contribution in [1.29, 1.82) is 0 Å². The molecule has 6 aromatic carbocycles. The van der Waals surface area contributed by atoms with Crippen molar-refractivity contribution in [3.63, 3.8) is 0 Å². The Bertz CT molecular complexity index is 2160. The van der Waals surface area contributed by atoms with Gasteiger partial charge in [0.25, 0.3) is 0 Å². The van der Waals surface area contributed by atoms with E-state index in [1.165, 1.54) is 0 Å². The van der Waals surface area contributed by atoms with Crippen molar-refractivity contribution in [2.24, 2.45) is 0 Å². The molecule has 9 unspecified atom stereocenters. The fraction of sp³-hybridized carbons (Fsp3) is 0.368. The third-order valence-electron chi connectivity index (χ3n) is 11.5. The van der Waals surface area contributed by atoms with Crippen LogP contribution < -0.4 is 5.32 Å². The summed E-state index contributed by atoms with van der Waals surface area (Å²) in [4.78, 5) is 0. The zero-order valence-electron chi connectivity index (χ0n) is 39.4. The maximum Gasteiger partial charge on any atom is 0.186 e. The molecule has 7 rings (SSSR count). The molecule has 1 saturated heterocycles. The second-order valence-corrected chi connectivity index (χ2v) is 16.3. The molecule has 0 amide bonds. The predicted molar refractivity (Wildman–Crippen MR) is 262 cm³/mol. The Labute approximate surface area is 398 Å². The normalized spacial score (nSPS) is 19.9. The minimum Gasteiger partial charge on any atom is -0.389 e. The lowest BCUT2D eigenvalue weighted by atomic mass is 9.96. The van der Waals surface area contributed by atoms with Gasteiger partial charge < -0.3 is 48.3 Å². The van der Waals surface area contributed by atoms with Crippen molar-refractivity contribution in [3.8, 4) is 0 Å². The van der Waals surface area contributed by atoms with Crippen molar-refractivity contribution < 1.29 is 43.0 Å². The van der Waals surface area contributed by atoms with Gasteiger partial charge in [-0.15, -0.1) is 0 Å². The van der Waals surface area contributed by atoms with Crippen LogP contribution in [0, 0.1) is 0 Å². The molecule has 0 aliphatic carbocycles. The third-order valence-corrected chi connectivity index (χ3v) is 11.5. The molecule has 10 nitrogen and oxygen atoms in total. The topological polar surface area (TPSA) is 106 Å². The van der Waals surface area contributed by atoms with Gasteiger partial charge in [-0.2, -0.15) is 0 Å². The number of rotatable bonds is 26. The van der Waals surface area contributed by atoms with Crippen molar-refractivity contribution in [2.45, 2.75) is 115 Å². The second-order valence-electron chi connectivity index (χ2n) is 16.3. The Kier molecular flexibility index (Phi) is 22.2. The van der Waals surface area contributed by atoms with Gasteiger partial charge in [0.05, 0.1) is 58.4 Å². The number of ether oxygens (including phenoxy) is 8. The minimum absolute atomic E-state index is 0.152. The van der Waals surface area contributed by atoms with Gasteiger partial charge in [0.1, 0.15) is 36.6 Å². The summed E-state index contributed by atoms with van der Waals surface area (Å²) >= 11 is 0. The first-order valence-electron chi connectivity index (χ1n) is 23.5. The summed E-state index contributed by atoms with van der Waals surface area (Å²) in [6.07, 6.45) is -5.70. The van der Waals surface area contributed by atoms with Crippen molar-refractivity contribution in [1.82, 2.24) is 5.32 Å². The van der Waals surface area contributed by atoms with Crippen LogP contribution in [0.5, 0.6) is 0 Å².